The Kier molecular flexibility index (Phi) is 2.42. The highest BCUT2D eigenvalue weighted by Crippen LogP contribution is 2.20. The normalized spacial score (nSPS) is 10.7. The molecule has 88 valence electrons. The maximum Gasteiger partial charge on any atom is 0.265 e. The minimum Gasteiger partial charge on any atom is -0.290 e. The Labute approximate surface area is 103 Å². The van der Waals surface area contributed by atoms with Crippen molar-refractivity contribution in [2.24, 2.45) is 5.84 Å². The summed E-state index contributed by atoms with van der Waals surface area (Å²) in [6, 6.07) is 15.3. The Hall–Kier alpha value is -2.46. The fourth-order valence-corrected chi connectivity index (χ4v) is 2.00. The fourth-order valence-electron chi connectivity index (χ4n) is 2.00. The van der Waals surface area contributed by atoms with Crippen LogP contribution in [0.1, 0.15) is 10.4 Å². The molecule has 0 radical (unpaired) electrons. The van der Waals surface area contributed by atoms with E-state index in [1.165, 1.54) is 0 Å². The molecule has 3 rings (SSSR count). The van der Waals surface area contributed by atoms with Crippen molar-refractivity contribution >= 4 is 27.7 Å². The third kappa shape index (κ3) is 1.69. The lowest BCUT2D eigenvalue weighted by molar-refractivity contribution is 0.0954. The van der Waals surface area contributed by atoms with Gasteiger partial charge in [-0.25, -0.2) is 10.8 Å². The fraction of sp³-hybridized carbons (Fsp3) is 0. The number of hydrogen-bond donors (Lipinski definition) is 2. The lowest BCUT2D eigenvalue weighted by Crippen LogP contribution is -2.29. The van der Waals surface area contributed by atoms with E-state index >= 15 is 0 Å². The van der Waals surface area contributed by atoms with Gasteiger partial charge < -0.3 is 0 Å². The number of hydrazine groups is 1. The number of amides is 1. The number of para-hydroxylation sites is 1. The van der Waals surface area contributed by atoms with Crippen LogP contribution in [0, 0.1) is 0 Å². The van der Waals surface area contributed by atoms with Crippen molar-refractivity contribution < 1.29 is 4.79 Å². The van der Waals surface area contributed by atoms with E-state index < -0.39 is 0 Å². The van der Waals surface area contributed by atoms with Gasteiger partial charge >= 0.3 is 0 Å². The second kappa shape index (κ2) is 4.09. The quantitative estimate of drug-likeness (QED) is 0.294. The summed E-state index contributed by atoms with van der Waals surface area (Å²) in [5, 5.41) is 2.09. The molecular formula is C14H11N3O. The van der Waals surface area contributed by atoms with Crippen molar-refractivity contribution in [1.29, 1.82) is 0 Å². The molecule has 1 aromatic heterocycles. The first-order chi connectivity index (χ1) is 8.78. The predicted molar refractivity (Wildman–Crippen MR) is 70.9 cm³/mol. The second-order valence-corrected chi connectivity index (χ2v) is 4.06. The summed E-state index contributed by atoms with van der Waals surface area (Å²) in [5.74, 6) is 4.81. The van der Waals surface area contributed by atoms with E-state index in [1.54, 1.807) is 12.1 Å². The smallest absolute Gasteiger partial charge is 0.265 e. The molecule has 0 aliphatic rings. The molecule has 3 N–H and O–H groups in total. The van der Waals surface area contributed by atoms with E-state index in [2.05, 4.69) is 16.5 Å². The summed E-state index contributed by atoms with van der Waals surface area (Å²) in [6.45, 7) is 0. The van der Waals surface area contributed by atoms with E-state index in [4.69, 9.17) is 5.84 Å². The van der Waals surface area contributed by atoms with Crippen LogP contribution in [0.4, 0.5) is 0 Å². The zero-order valence-corrected chi connectivity index (χ0v) is 9.55. The number of hydrogen-bond acceptors (Lipinski definition) is 3. The first-order valence-corrected chi connectivity index (χ1v) is 5.58. The van der Waals surface area contributed by atoms with Gasteiger partial charge in [0.05, 0.1) is 11.0 Å². The molecule has 0 saturated heterocycles. The Balaban J connectivity index is 2.27. The summed E-state index contributed by atoms with van der Waals surface area (Å²) >= 11 is 0. The molecular weight excluding hydrogens is 226 g/mol. The van der Waals surface area contributed by atoms with E-state index in [0.29, 0.717) is 5.56 Å². The first kappa shape index (κ1) is 10.7. The van der Waals surface area contributed by atoms with Crippen LogP contribution in [0.3, 0.4) is 0 Å². The van der Waals surface area contributed by atoms with Crippen molar-refractivity contribution in [3.05, 3.63) is 54.1 Å². The zero-order valence-electron chi connectivity index (χ0n) is 9.55. The van der Waals surface area contributed by atoms with Crippen LogP contribution < -0.4 is 11.3 Å². The van der Waals surface area contributed by atoms with Gasteiger partial charge in [0.15, 0.2) is 0 Å². The molecule has 0 aliphatic carbocycles. The van der Waals surface area contributed by atoms with Gasteiger partial charge in [0, 0.05) is 16.3 Å². The van der Waals surface area contributed by atoms with E-state index in [-0.39, 0.29) is 5.91 Å². The average molecular weight is 237 g/mol. The molecule has 2 aromatic carbocycles. The zero-order chi connectivity index (χ0) is 12.5. The third-order valence-electron chi connectivity index (χ3n) is 2.91. The van der Waals surface area contributed by atoms with E-state index in [0.717, 1.165) is 21.8 Å². The van der Waals surface area contributed by atoms with Gasteiger partial charge in [0.2, 0.25) is 0 Å². The highest BCUT2D eigenvalue weighted by Gasteiger charge is 2.05. The van der Waals surface area contributed by atoms with Crippen LogP contribution in [0.25, 0.3) is 21.8 Å². The minimum atomic E-state index is -0.313. The summed E-state index contributed by atoms with van der Waals surface area (Å²) in [5.41, 5.74) is 4.32. The Morgan fingerprint density at radius 2 is 1.78 bits per heavy atom. The van der Waals surface area contributed by atoms with Crippen molar-refractivity contribution in [2.75, 3.05) is 0 Å². The predicted octanol–water partition coefficient (Wildman–Crippen LogP) is 1.99. The molecule has 0 fully saturated rings. The van der Waals surface area contributed by atoms with Crippen LogP contribution in [-0.4, -0.2) is 10.9 Å². The van der Waals surface area contributed by atoms with Gasteiger partial charge in [-0.1, -0.05) is 24.3 Å². The lowest BCUT2D eigenvalue weighted by Gasteiger charge is -2.04. The Bertz CT molecular complexity index is 752. The van der Waals surface area contributed by atoms with Crippen molar-refractivity contribution in [3.63, 3.8) is 0 Å². The molecule has 18 heavy (non-hydrogen) atoms. The van der Waals surface area contributed by atoms with Crippen molar-refractivity contribution in [1.82, 2.24) is 10.4 Å². The first-order valence-electron chi connectivity index (χ1n) is 5.58. The van der Waals surface area contributed by atoms with Gasteiger partial charge in [-0.05, 0) is 24.3 Å². The van der Waals surface area contributed by atoms with E-state index in [9.17, 15) is 4.79 Å². The monoisotopic (exact) mass is 237 g/mol. The van der Waals surface area contributed by atoms with E-state index in [1.807, 2.05) is 30.3 Å². The molecule has 0 spiro atoms. The summed E-state index contributed by atoms with van der Waals surface area (Å²) in [7, 11) is 0. The Morgan fingerprint density at radius 3 is 2.61 bits per heavy atom. The van der Waals surface area contributed by atoms with Gasteiger partial charge in [-0.15, -0.1) is 0 Å². The van der Waals surface area contributed by atoms with Gasteiger partial charge in [-0.3, -0.25) is 10.2 Å². The molecule has 1 amide bonds. The highest BCUT2D eigenvalue weighted by atomic mass is 16.2. The molecule has 0 aliphatic heterocycles. The summed E-state index contributed by atoms with van der Waals surface area (Å²) in [4.78, 5) is 16.0. The maximum absolute atomic E-state index is 11.5. The average Bonchev–Trinajstić information content (AvgIpc) is 2.43. The van der Waals surface area contributed by atoms with Gasteiger partial charge in [-0.2, -0.15) is 0 Å². The van der Waals surface area contributed by atoms with Crippen molar-refractivity contribution in [2.45, 2.75) is 0 Å². The van der Waals surface area contributed by atoms with Crippen LogP contribution in [0.2, 0.25) is 0 Å². The molecule has 0 unspecified atom stereocenters. The number of carbonyl (C=O) groups excluding carboxylic acids is 1. The molecule has 4 heteroatoms. The SMILES string of the molecule is NNC(=O)c1ccc2cc3ccccc3nc2c1. The molecule has 0 saturated carbocycles. The number of fused-ring (bicyclic) bond motifs is 2. The molecule has 3 aromatic rings. The minimum absolute atomic E-state index is 0.313. The largest absolute Gasteiger partial charge is 0.290 e. The molecule has 0 atom stereocenters. The number of carbonyl (C=O) groups is 1. The van der Waals surface area contributed by atoms with Crippen molar-refractivity contribution in [3.8, 4) is 0 Å². The topological polar surface area (TPSA) is 68.0 Å². The number of nitrogens with one attached hydrogen (secondary N) is 1. The number of pyridine rings is 1. The Morgan fingerprint density at radius 1 is 1.00 bits per heavy atom. The highest BCUT2D eigenvalue weighted by molar-refractivity contribution is 5.99. The number of aromatic nitrogens is 1. The number of nitrogen functional groups attached to an aromatic ring is 1. The number of rotatable bonds is 1. The molecule has 0 bridgehead atoms. The van der Waals surface area contributed by atoms with Crippen LogP contribution in [0.15, 0.2) is 48.5 Å². The number of nitrogens with two attached hydrogens (primary N) is 1. The summed E-state index contributed by atoms with van der Waals surface area (Å²) in [6.07, 6.45) is 0. The molecule has 4 nitrogen and oxygen atoms in total. The third-order valence-corrected chi connectivity index (χ3v) is 2.91. The number of benzene rings is 2. The lowest BCUT2D eigenvalue weighted by atomic mass is 10.1. The van der Waals surface area contributed by atoms with Crippen LogP contribution in [0.5, 0.6) is 0 Å². The van der Waals surface area contributed by atoms with Crippen LogP contribution >= 0.6 is 0 Å². The number of nitrogens with zero attached hydrogens (tertiary/aromatic N) is 1. The van der Waals surface area contributed by atoms with Gasteiger partial charge in [0.25, 0.3) is 5.91 Å². The summed E-state index contributed by atoms with van der Waals surface area (Å²) < 4.78 is 0. The standard InChI is InChI=1S/C14H11N3O/c15-17-14(18)11-6-5-10-7-9-3-1-2-4-12(9)16-13(10)8-11/h1-8H,15H2,(H,17,18). The van der Waals surface area contributed by atoms with Gasteiger partial charge in [0.1, 0.15) is 0 Å². The molecule has 1 heterocycles. The second-order valence-electron chi connectivity index (χ2n) is 4.06. The maximum atomic E-state index is 11.5. The van der Waals surface area contributed by atoms with Crippen LogP contribution in [-0.2, 0) is 0 Å².